The van der Waals surface area contributed by atoms with Crippen LogP contribution < -0.4 is 10.1 Å². The average Bonchev–Trinajstić information content (AvgIpc) is 3.25. The van der Waals surface area contributed by atoms with E-state index in [1.165, 1.54) is 23.1 Å². The van der Waals surface area contributed by atoms with Gasteiger partial charge in [0, 0.05) is 29.0 Å². The zero-order valence-electron chi connectivity index (χ0n) is 15.4. The molecule has 8 heteroatoms. The van der Waals surface area contributed by atoms with Gasteiger partial charge >= 0.3 is 0 Å². The number of methoxy groups -OCH3 is 1. The zero-order valence-corrected chi connectivity index (χ0v) is 17.0. The van der Waals surface area contributed by atoms with Crippen molar-refractivity contribution >= 4 is 34.7 Å². The summed E-state index contributed by atoms with van der Waals surface area (Å²) in [4.78, 5) is 25.7. The predicted molar refractivity (Wildman–Crippen MR) is 115 cm³/mol. The van der Waals surface area contributed by atoms with E-state index in [0.29, 0.717) is 11.4 Å². The van der Waals surface area contributed by atoms with Crippen LogP contribution in [0.3, 0.4) is 0 Å². The van der Waals surface area contributed by atoms with Crippen LogP contribution in [0, 0.1) is 0 Å². The van der Waals surface area contributed by atoms with E-state index in [2.05, 4.69) is 20.3 Å². The van der Waals surface area contributed by atoms with E-state index in [1.807, 2.05) is 48.5 Å². The van der Waals surface area contributed by atoms with Crippen LogP contribution in [-0.2, 0) is 0 Å². The van der Waals surface area contributed by atoms with Crippen molar-refractivity contribution in [2.24, 2.45) is 0 Å². The number of nitrogens with zero attached hydrogens (tertiary/aromatic N) is 3. The fourth-order valence-corrected chi connectivity index (χ4v) is 4.08. The number of ether oxygens (including phenoxy) is 1. The van der Waals surface area contributed by atoms with Gasteiger partial charge in [-0.25, -0.2) is 15.0 Å². The Balaban J connectivity index is 1.45. The molecule has 144 valence electrons. The van der Waals surface area contributed by atoms with Crippen molar-refractivity contribution in [2.75, 3.05) is 12.4 Å². The first-order valence-electron chi connectivity index (χ1n) is 8.67. The van der Waals surface area contributed by atoms with Gasteiger partial charge in [-0.05, 0) is 48.5 Å². The molecule has 3 aromatic heterocycles. The van der Waals surface area contributed by atoms with Crippen molar-refractivity contribution in [3.63, 3.8) is 0 Å². The largest absolute Gasteiger partial charge is 0.497 e. The van der Waals surface area contributed by atoms with Gasteiger partial charge in [-0.1, -0.05) is 17.8 Å². The van der Waals surface area contributed by atoms with Crippen LogP contribution in [0.1, 0.15) is 10.5 Å². The maximum absolute atomic E-state index is 12.6. The number of aromatic nitrogens is 3. The highest BCUT2D eigenvalue weighted by Crippen LogP contribution is 2.27. The molecule has 1 amide bonds. The first kappa shape index (κ1) is 19.1. The molecule has 1 aromatic carbocycles. The Morgan fingerprint density at radius 1 is 1.03 bits per heavy atom. The molecule has 0 atom stereocenters. The predicted octanol–water partition coefficient (Wildman–Crippen LogP) is 5.01. The minimum Gasteiger partial charge on any atom is -0.497 e. The number of hydrogen-bond acceptors (Lipinski definition) is 7. The summed E-state index contributed by atoms with van der Waals surface area (Å²) in [6, 6.07) is 16.8. The lowest BCUT2D eigenvalue weighted by molar-refractivity contribution is 0.102. The molecule has 0 radical (unpaired) electrons. The summed E-state index contributed by atoms with van der Waals surface area (Å²) in [5.74, 6) is 0.515. The number of nitrogens with one attached hydrogen (secondary N) is 1. The molecule has 1 N–H and O–H groups in total. The van der Waals surface area contributed by atoms with Crippen molar-refractivity contribution in [1.29, 1.82) is 0 Å². The highest BCUT2D eigenvalue weighted by molar-refractivity contribution is 7.99. The summed E-state index contributed by atoms with van der Waals surface area (Å²) in [7, 11) is 1.63. The van der Waals surface area contributed by atoms with Crippen molar-refractivity contribution in [2.45, 2.75) is 10.1 Å². The maximum atomic E-state index is 12.6. The number of benzene rings is 1. The topological polar surface area (TPSA) is 77.0 Å². The van der Waals surface area contributed by atoms with Crippen molar-refractivity contribution in [3.8, 4) is 16.3 Å². The maximum Gasteiger partial charge on any atom is 0.275 e. The number of carbonyl (C=O) groups excluding carboxylic acids is 1. The second-order valence-corrected chi connectivity index (χ2v) is 7.77. The third-order valence-corrected chi connectivity index (χ3v) is 5.69. The summed E-state index contributed by atoms with van der Waals surface area (Å²) in [6.07, 6.45) is 3.39. The fraction of sp³-hybridized carbons (Fsp3) is 0.0476. The smallest absolute Gasteiger partial charge is 0.275 e. The normalized spacial score (nSPS) is 10.5. The van der Waals surface area contributed by atoms with Crippen LogP contribution in [-0.4, -0.2) is 28.0 Å². The van der Waals surface area contributed by atoms with Gasteiger partial charge in [-0.15, -0.1) is 11.3 Å². The lowest BCUT2D eigenvalue weighted by Gasteiger charge is -2.05. The van der Waals surface area contributed by atoms with E-state index in [0.717, 1.165) is 26.4 Å². The highest BCUT2D eigenvalue weighted by atomic mass is 32.2. The number of carbonyl (C=O) groups is 1. The summed E-state index contributed by atoms with van der Waals surface area (Å²) < 4.78 is 5.17. The molecule has 0 unspecified atom stereocenters. The molecule has 4 rings (SSSR count). The third-order valence-electron chi connectivity index (χ3n) is 3.91. The van der Waals surface area contributed by atoms with Gasteiger partial charge in [0.15, 0.2) is 0 Å². The number of hydrogen-bond donors (Lipinski definition) is 1. The summed E-state index contributed by atoms with van der Waals surface area (Å²) in [5, 5.41) is 6.99. The number of rotatable bonds is 6. The van der Waals surface area contributed by atoms with E-state index >= 15 is 0 Å². The molecule has 29 heavy (non-hydrogen) atoms. The van der Waals surface area contributed by atoms with Crippen LogP contribution in [0.4, 0.5) is 5.69 Å². The van der Waals surface area contributed by atoms with E-state index in [4.69, 9.17) is 4.74 Å². The summed E-state index contributed by atoms with van der Waals surface area (Å²) >= 11 is 2.85. The van der Waals surface area contributed by atoms with E-state index in [-0.39, 0.29) is 5.91 Å². The highest BCUT2D eigenvalue weighted by Gasteiger charge is 2.13. The van der Waals surface area contributed by atoms with Gasteiger partial charge in [0.1, 0.15) is 26.5 Å². The summed E-state index contributed by atoms with van der Waals surface area (Å²) in [5.41, 5.74) is 1.96. The Morgan fingerprint density at radius 3 is 2.62 bits per heavy atom. The number of thiazole rings is 1. The Morgan fingerprint density at radius 2 is 1.86 bits per heavy atom. The fourth-order valence-electron chi connectivity index (χ4n) is 2.50. The third kappa shape index (κ3) is 4.79. The zero-order chi connectivity index (χ0) is 20.1. The monoisotopic (exact) mass is 420 g/mol. The quantitative estimate of drug-likeness (QED) is 0.472. The van der Waals surface area contributed by atoms with Gasteiger partial charge in [-0.3, -0.25) is 4.79 Å². The summed E-state index contributed by atoms with van der Waals surface area (Å²) in [6.45, 7) is 0. The van der Waals surface area contributed by atoms with Crippen LogP contribution in [0.2, 0.25) is 0 Å². The van der Waals surface area contributed by atoms with Crippen LogP contribution in [0.5, 0.6) is 5.75 Å². The minimum atomic E-state index is -0.263. The number of anilines is 1. The molecule has 0 aliphatic heterocycles. The number of pyridine rings is 2. The molecule has 0 saturated heterocycles. The van der Waals surface area contributed by atoms with Crippen molar-refractivity contribution in [1.82, 2.24) is 15.0 Å². The van der Waals surface area contributed by atoms with E-state index < -0.39 is 0 Å². The van der Waals surface area contributed by atoms with Crippen molar-refractivity contribution in [3.05, 3.63) is 78.1 Å². The Labute approximate surface area is 176 Å². The molecule has 3 heterocycles. The Bertz CT molecular complexity index is 1120. The molecule has 0 fully saturated rings. The molecule has 0 saturated carbocycles. The molecule has 0 aliphatic rings. The molecule has 0 bridgehead atoms. The lowest BCUT2D eigenvalue weighted by atomic mass is 10.2. The molecule has 6 nitrogen and oxygen atoms in total. The lowest BCUT2D eigenvalue weighted by Crippen LogP contribution is -2.12. The van der Waals surface area contributed by atoms with Crippen LogP contribution in [0.15, 0.2) is 82.4 Å². The van der Waals surface area contributed by atoms with Gasteiger partial charge in [0.05, 0.1) is 7.11 Å². The standard InChI is InChI=1S/C21H16N4O2S2/c1-27-16-7-5-14(6-8-16)21-25-17(13-28-21)20(26)24-15-9-11-23-19(12-15)29-18-4-2-3-10-22-18/h2-13H,1H3,(H,23,24,26). The minimum absolute atomic E-state index is 0.263. The first-order valence-corrected chi connectivity index (χ1v) is 10.4. The Hall–Kier alpha value is -3.23. The van der Waals surface area contributed by atoms with Gasteiger partial charge < -0.3 is 10.1 Å². The second-order valence-electron chi connectivity index (χ2n) is 5.87. The second kappa shape index (κ2) is 8.85. The van der Waals surface area contributed by atoms with Crippen LogP contribution in [0.25, 0.3) is 10.6 Å². The molecule has 4 aromatic rings. The van der Waals surface area contributed by atoms with E-state index in [9.17, 15) is 4.79 Å². The molecule has 0 aliphatic carbocycles. The van der Waals surface area contributed by atoms with Crippen molar-refractivity contribution < 1.29 is 9.53 Å². The van der Waals surface area contributed by atoms with Crippen LogP contribution >= 0.6 is 23.1 Å². The number of amides is 1. The SMILES string of the molecule is COc1ccc(-c2nc(C(=O)Nc3ccnc(Sc4ccccn4)c3)cs2)cc1. The van der Waals surface area contributed by atoms with Gasteiger partial charge in [0.2, 0.25) is 0 Å². The molecular weight excluding hydrogens is 404 g/mol. The van der Waals surface area contributed by atoms with Gasteiger partial charge in [-0.2, -0.15) is 0 Å². The first-order chi connectivity index (χ1) is 14.2. The molecular formula is C21H16N4O2S2. The van der Waals surface area contributed by atoms with E-state index in [1.54, 1.807) is 30.9 Å². The Kier molecular flexibility index (Phi) is 5.83. The average molecular weight is 421 g/mol. The molecule has 0 spiro atoms. The van der Waals surface area contributed by atoms with Gasteiger partial charge in [0.25, 0.3) is 5.91 Å².